The molecule has 1 heterocycles. The van der Waals surface area contributed by atoms with Gasteiger partial charge in [-0.2, -0.15) is 0 Å². The molecule has 0 spiro atoms. The second-order valence-electron chi connectivity index (χ2n) is 6.58. The lowest BCUT2D eigenvalue weighted by Gasteiger charge is -2.08. The summed E-state index contributed by atoms with van der Waals surface area (Å²) in [7, 11) is 0. The molecule has 0 unspecified atom stereocenters. The van der Waals surface area contributed by atoms with Gasteiger partial charge < -0.3 is 9.73 Å². The molecule has 5 heteroatoms. The highest BCUT2D eigenvalue weighted by atomic mass is 79.9. The quantitative estimate of drug-likeness (QED) is 0.410. The molecule has 29 heavy (non-hydrogen) atoms. The van der Waals surface area contributed by atoms with Crippen LogP contribution in [0.1, 0.15) is 15.9 Å². The van der Waals surface area contributed by atoms with Crippen LogP contribution in [0, 0.1) is 0 Å². The predicted molar refractivity (Wildman–Crippen MR) is 118 cm³/mol. The maximum Gasteiger partial charge on any atom is 0.252 e. The van der Waals surface area contributed by atoms with Crippen LogP contribution in [0.5, 0.6) is 0 Å². The molecule has 0 fully saturated rings. The van der Waals surface area contributed by atoms with E-state index in [1.54, 1.807) is 12.3 Å². The zero-order valence-electron chi connectivity index (χ0n) is 15.6. The topological polar surface area (TPSA) is 55.1 Å². The minimum Gasteiger partial charge on any atom is -0.436 e. The van der Waals surface area contributed by atoms with E-state index in [9.17, 15) is 4.79 Å². The molecular formula is C24H19BrN2O2. The monoisotopic (exact) mass is 446 g/mol. The van der Waals surface area contributed by atoms with E-state index >= 15 is 0 Å². The largest absolute Gasteiger partial charge is 0.436 e. The number of hydrogen-bond acceptors (Lipinski definition) is 3. The average molecular weight is 447 g/mol. The molecule has 4 aromatic rings. The molecule has 144 valence electrons. The number of nitrogens with zero attached hydrogens (tertiary/aromatic N) is 1. The van der Waals surface area contributed by atoms with Crippen LogP contribution in [0.2, 0.25) is 0 Å². The lowest BCUT2D eigenvalue weighted by molar-refractivity contribution is 0.0954. The van der Waals surface area contributed by atoms with Gasteiger partial charge in [-0.1, -0.05) is 70.5 Å². The second kappa shape index (κ2) is 8.88. The smallest absolute Gasteiger partial charge is 0.252 e. The van der Waals surface area contributed by atoms with Gasteiger partial charge in [-0.3, -0.25) is 4.79 Å². The van der Waals surface area contributed by atoms with E-state index < -0.39 is 0 Å². The molecular weight excluding hydrogens is 428 g/mol. The van der Waals surface area contributed by atoms with Crippen molar-refractivity contribution in [1.82, 2.24) is 10.3 Å². The van der Waals surface area contributed by atoms with Gasteiger partial charge in [-0.05, 0) is 36.2 Å². The van der Waals surface area contributed by atoms with E-state index in [2.05, 4.69) is 38.4 Å². The van der Waals surface area contributed by atoms with E-state index in [1.165, 1.54) is 5.56 Å². The molecule has 0 atom stereocenters. The standard InChI is InChI=1S/C24H19BrN2O2/c25-19-10-6-9-18(15-19)22-16-27-24(29-22)21-12-5-4-11-20(21)23(28)26-14-13-17-7-2-1-3-8-17/h1-12,15-16H,13-14H2,(H,26,28). The fraction of sp³-hybridized carbons (Fsp3) is 0.0833. The van der Waals surface area contributed by atoms with E-state index in [0.717, 1.165) is 16.5 Å². The number of amides is 1. The third kappa shape index (κ3) is 4.63. The van der Waals surface area contributed by atoms with Gasteiger partial charge in [0.15, 0.2) is 5.76 Å². The molecule has 0 saturated carbocycles. The molecule has 0 aliphatic heterocycles. The van der Waals surface area contributed by atoms with E-state index in [0.29, 0.717) is 29.3 Å². The van der Waals surface area contributed by atoms with Gasteiger partial charge in [0.1, 0.15) is 0 Å². The van der Waals surface area contributed by atoms with Gasteiger partial charge in [0.25, 0.3) is 5.91 Å². The fourth-order valence-electron chi connectivity index (χ4n) is 3.10. The van der Waals surface area contributed by atoms with Crippen molar-refractivity contribution in [2.24, 2.45) is 0 Å². The van der Waals surface area contributed by atoms with Crippen molar-refractivity contribution < 1.29 is 9.21 Å². The predicted octanol–water partition coefficient (Wildman–Crippen LogP) is 5.74. The van der Waals surface area contributed by atoms with Gasteiger partial charge >= 0.3 is 0 Å². The molecule has 0 radical (unpaired) electrons. The number of oxazole rings is 1. The van der Waals surface area contributed by atoms with E-state index in [4.69, 9.17) is 4.42 Å². The number of rotatable bonds is 6. The Hall–Kier alpha value is -3.18. The van der Waals surface area contributed by atoms with Gasteiger partial charge in [-0.15, -0.1) is 0 Å². The summed E-state index contributed by atoms with van der Waals surface area (Å²) in [6.07, 6.45) is 2.46. The number of nitrogens with one attached hydrogen (secondary N) is 1. The summed E-state index contributed by atoms with van der Waals surface area (Å²) in [5, 5.41) is 2.99. The van der Waals surface area contributed by atoms with Crippen molar-refractivity contribution in [3.05, 3.63) is 101 Å². The van der Waals surface area contributed by atoms with Crippen LogP contribution in [0.25, 0.3) is 22.8 Å². The summed E-state index contributed by atoms with van der Waals surface area (Å²) in [4.78, 5) is 17.2. The molecule has 1 amide bonds. The first-order valence-electron chi connectivity index (χ1n) is 9.34. The molecule has 1 N–H and O–H groups in total. The molecule has 1 aromatic heterocycles. The van der Waals surface area contributed by atoms with Crippen LogP contribution in [-0.2, 0) is 6.42 Å². The number of carbonyl (C=O) groups is 1. The molecule has 0 aliphatic carbocycles. The highest BCUT2D eigenvalue weighted by Gasteiger charge is 2.16. The lowest BCUT2D eigenvalue weighted by Crippen LogP contribution is -2.26. The molecule has 0 saturated heterocycles. The van der Waals surface area contributed by atoms with Crippen LogP contribution in [0.3, 0.4) is 0 Å². The summed E-state index contributed by atoms with van der Waals surface area (Å²) < 4.78 is 6.93. The summed E-state index contributed by atoms with van der Waals surface area (Å²) >= 11 is 3.47. The third-order valence-electron chi connectivity index (χ3n) is 4.56. The average Bonchev–Trinajstić information content (AvgIpc) is 3.25. The highest BCUT2D eigenvalue weighted by Crippen LogP contribution is 2.29. The minimum absolute atomic E-state index is 0.140. The maximum atomic E-state index is 12.8. The highest BCUT2D eigenvalue weighted by molar-refractivity contribution is 9.10. The summed E-state index contributed by atoms with van der Waals surface area (Å²) in [5.74, 6) is 0.938. The van der Waals surface area contributed by atoms with Gasteiger partial charge in [-0.25, -0.2) is 4.98 Å². The SMILES string of the molecule is O=C(NCCc1ccccc1)c1ccccc1-c1ncc(-c2cccc(Br)c2)o1. The van der Waals surface area contributed by atoms with Gasteiger partial charge in [0, 0.05) is 22.1 Å². The number of halogens is 1. The van der Waals surface area contributed by atoms with Crippen molar-refractivity contribution in [3.63, 3.8) is 0 Å². The molecule has 4 nitrogen and oxygen atoms in total. The van der Waals surface area contributed by atoms with Crippen LogP contribution < -0.4 is 5.32 Å². The Kier molecular flexibility index (Phi) is 5.86. The van der Waals surface area contributed by atoms with Crippen LogP contribution in [-0.4, -0.2) is 17.4 Å². The summed E-state index contributed by atoms with van der Waals surface area (Å²) in [5.41, 5.74) is 3.32. The Balaban J connectivity index is 1.52. The molecule has 3 aromatic carbocycles. The summed E-state index contributed by atoms with van der Waals surface area (Å²) in [6.45, 7) is 0.562. The van der Waals surface area contributed by atoms with Crippen molar-refractivity contribution in [3.8, 4) is 22.8 Å². The second-order valence-corrected chi connectivity index (χ2v) is 7.49. The van der Waals surface area contributed by atoms with Crippen molar-refractivity contribution in [2.75, 3.05) is 6.54 Å². The zero-order valence-corrected chi connectivity index (χ0v) is 17.2. The molecule has 0 aliphatic rings. The number of hydrogen-bond donors (Lipinski definition) is 1. The van der Waals surface area contributed by atoms with Gasteiger partial charge in [0.05, 0.1) is 11.8 Å². The number of aromatic nitrogens is 1. The van der Waals surface area contributed by atoms with E-state index in [-0.39, 0.29) is 5.91 Å². The zero-order chi connectivity index (χ0) is 20.1. The first-order valence-corrected chi connectivity index (χ1v) is 10.1. The van der Waals surface area contributed by atoms with Crippen molar-refractivity contribution in [1.29, 1.82) is 0 Å². The van der Waals surface area contributed by atoms with Crippen molar-refractivity contribution in [2.45, 2.75) is 6.42 Å². The van der Waals surface area contributed by atoms with E-state index in [1.807, 2.05) is 60.7 Å². The first-order chi connectivity index (χ1) is 14.2. The summed E-state index contributed by atoms with van der Waals surface area (Å²) in [6, 6.07) is 25.3. The van der Waals surface area contributed by atoms with Crippen LogP contribution in [0.4, 0.5) is 0 Å². The Labute approximate surface area is 177 Å². The maximum absolute atomic E-state index is 12.8. The Morgan fingerprint density at radius 1 is 0.966 bits per heavy atom. The Morgan fingerprint density at radius 3 is 2.59 bits per heavy atom. The van der Waals surface area contributed by atoms with Crippen LogP contribution in [0.15, 0.2) is 93.9 Å². The first kappa shape index (κ1) is 19.2. The van der Waals surface area contributed by atoms with Crippen molar-refractivity contribution >= 4 is 21.8 Å². The number of carbonyl (C=O) groups excluding carboxylic acids is 1. The number of benzene rings is 3. The molecule has 0 bridgehead atoms. The normalized spacial score (nSPS) is 10.7. The Bertz CT molecular complexity index is 1120. The van der Waals surface area contributed by atoms with Crippen LogP contribution >= 0.6 is 15.9 Å². The lowest BCUT2D eigenvalue weighted by atomic mass is 10.1. The van der Waals surface area contributed by atoms with Gasteiger partial charge in [0.2, 0.25) is 5.89 Å². The third-order valence-corrected chi connectivity index (χ3v) is 5.05. The minimum atomic E-state index is -0.140. The fourth-order valence-corrected chi connectivity index (χ4v) is 3.50. The Morgan fingerprint density at radius 2 is 1.76 bits per heavy atom. The molecule has 4 rings (SSSR count).